The Morgan fingerprint density at radius 3 is 2.54 bits per heavy atom. The summed E-state index contributed by atoms with van der Waals surface area (Å²) in [5.41, 5.74) is 2.22. The molecule has 0 aliphatic rings. The number of esters is 1. The number of hydrogen-bond donors (Lipinski definition) is 0. The van der Waals surface area contributed by atoms with Crippen LogP contribution in [0.3, 0.4) is 0 Å². The highest BCUT2D eigenvalue weighted by Gasteiger charge is 2.23. The summed E-state index contributed by atoms with van der Waals surface area (Å²) in [4.78, 5) is 24.1. The number of aryl methyl sites for hydroxylation is 1. The fourth-order valence-corrected chi connectivity index (χ4v) is 2.71. The summed E-state index contributed by atoms with van der Waals surface area (Å²) in [7, 11) is 1.87. The molecule has 0 N–H and O–H groups in total. The third-order valence-electron chi connectivity index (χ3n) is 3.70. The van der Waals surface area contributed by atoms with E-state index in [0.29, 0.717) is 12.2 Å². The first kappa shape index (κ1) is 18.2. The quantitative estimate of drug-likeness (QED) is 0.463. The van der Waals surface area contributed by atoms with E-state index in [-0.39, 0.29) is 12.2 Å². The lowest BCUT2D eigenvalue weighted by Crippen LogP contribution is -2.20. The van der Waals surface area contributed by atoms with E-state index in [9.17, 15) is 9.59 Å². The molecule has 0 spiro atoms. The van der Waals surface area contributed by atoms with Crippen molar-refractivity contribution in [2.75, 3.05) is 13.2 Å². The number of benzene rings is 1. The van der Waals surface area contributed by atoms with Crippen LogP contribution in [0.1, 0.15) is 43.6 Å². The second kappa shape index (κ2) is 7.18. The van der Waals surface area contributed by atoms with Gasteiger partial charge in [0.15, 0.2) is 0 Å². The van der Waals surface area contributed by atoms with Gasteiger partial charge in [-0.05, 0) is 39.7 Å². The van der Waals surface area contributed by atoms with E-state index in [2.05, 4.69) is 0 Å². The molecule has 0 radical (unpaired) electrons. The van der Waals surface area contributed by atoms with Gasteiger partial charge in [-0.25, -0.2) is 4.79 Å². The number of rotatable bonds is 6. The number of para-hydroxylation sites is 1. The zero-order chi connectivity index (χ0) is 17.9. The molecule has 2 rings (SSSR count). The maximum atomic E-state index is 12.3. The maximum absolute atomic E-state index is 12.3. The molecule has 0 atom stereocenters. The SMILES string of the molecule is CCOC(=O)C(=O)c1cn(C)c2c(CCOC(C)(C)C)cccc12. The highest BCUT2D eigenvalue weighted by molar-refractivity contribution is 6.43. The van der Waals surface area contributed by atoms with Gasteiger partial charge in [0.2, 0.25) is 0 Å². The minimum absolute atomic E-state index is 0.185. The van der Waals surface area contributed by atoms with Gasteiger partial charge in [0.05, 0.1) is 29.9 Å². The molecule has 0 bridgehead atoms. The lowest BCUT2D eigenvalue weighted by molar-refractivity contribution is -0.137. The van der Waals surface area contributed by atoms with Crippen molar-refractivity contribution in [3.63, 3.8) is 0 Å². The van der Waals surface area contributed by atoms with Crippen molar-refractivity contribution < 1.29 is 19.1 Å². The lowest BCUT2D eigenvalue weighted by atomic mass is 10.0. The van der Waals surface area contributed by atoms with Crippen molar-refractivity contribution in [1.29, 1.82) is 0 Å². The van der Waals surface area contributed by atoms with E-state index in [0.717, 1.165) is 22.9 Å². The molecule has 2 aromatic rings. The van der Waals surface area contributed by atoms with Gasteiger partial charge in [0.25, 0.3) is 5.78 Å². The number of fused-ring (bicyclic) bond motifs is 1. The molecule has 0 unspecified atom stereocenters. The molecule has 0 aliphatic heterocycles. The Balaban J connectivity index is 2.33. The smallest absolute Gasteiger partial charge is 0.379 e. The van der Waals surface area contributed by atoms with Crippen molar-refractivity contribution in [2.24, 2.45) is 7.05 Å². The van der Waals surface area contributed by atoms with Crippen molar-refractivity contribution in [3.05, 3.63) is 35.5 Å². The molecule has 24 heavy (non-hydrogen) atoms. The zero-order valence-electron chi connectivity index (χ0n) is 15.0. The van der Waals surface area contributed by atoms with E-state index in [1.807, 2.05) is 50.6 Å². The van der Waals surface area contributed by atoms with Gasteiger partial charge in [0.1, 0.15) is 0 Å². The van der Waals surface area contributed by atoms with Crippen LogP contribution in [-0.2, 0) is 27.7 Å². The second-order valence-corrected chi connectivity index (χ2v) is 6.73. The van der Waals surface area contributed by atoms with Crippen LogP contribution in [0.25, 0.3) is 10.9 Å². The monoisotopic (exact) mass is 331 g/mol. The number of hydrogen-bond acceptors (Lipinski definition) is 4. The summed E-state index contributed by atoms with van der Waals surface area (Å²) in [5, 5.41) is 0.767. The maximum Gasteiger partial charge on any atom is 0.379 e. The van der Waals surface area contributed by atoms with Gasteiger partial charge < -0.3 is 14.0 Å². The standard InChI is InChI=1S/C19H25NO4/c1-6-23-18(22)17(21)15-12-20(5)16-13(8-7-9-14(15)16)10-11-24-19(2,3)4/h7-9,12H,6,10-11H2,1-5H3. The predicted octanol–water partition coefficient (Wildman–Crippen LogP) is 3.28. The van der Waals surface area contributed by atoms with Crippen LogP contribution >= 0.6 is 0 Å². The van der Waals surface area contributed by atoms with E-state index < -0.39 is 11.8 Å². The Labute approximate surface area is 142 Å². The largest absolute Gasteiger partial charge is 0.460 e. The van der Waals surface area contributed by atoms with Crippen molar-refractivity contribution in [3.8, 4) is 0 Å². The van der Waals surface area contributed by atoms with Crippen molar-refractivity contribution in [2.45, 2.75) is 39.7 Å². The third-order valence-corrected chi connectivity index (χ3v) is 3.70. The van der Waals surface area contributed by atoms with Gasteiger partial charge in [-0.2, -0.15) is 0 Å². The minimum Gasteiger partial charge on any atom is -0.460 e. The van der Waals surface area contributed by atoms with Gasteiger partial charge >= 0.3 is 5.97 Å². The molecule has 1 heterocycles. The Morgan fingerprint density at radius 2 is 1.92 bits per heavy atom. The molecular weight excluding hydrogens is 306 g/mol. The van der Waals surface area contributed by atoms with Gasteiger partial charge in [-0.1, -0.05) is 18.2 Å². The van der Waals surface area contributed by atoms with Crippen LogP contribution in [0, 0.1) is 0 Å². The molecule has 0 fully saturated rings. The van der Waals surface area contributed by atoms with Gasteiger partial charge in [-0.3, -0.25) is 4.79 Å². The average molecular weight is 331 g/mol. The highest BCUT2D eigenvalue weighted by atomic mass is 16.5. The number of carbonyl (C=O) groups is 2. The van der Waals surface area contributed by atoms with E-state index in [1.54, 1.807) is 13.1 Å². The minimum atomic E-state index is -0.813. The lowest BCUT2D eigenvalue weighted by Gasteiger charge is -2.19. The summed E-state index contributed by atoms with van der Waals surface area (Å²) in [6, 6.07) is 5.78. The normalized spacial score (nSPS) is 11.7. The first-order chi connectivity index (χ1) is 11.2. The Kier molecular flexibility index (Phi) is 5.44. The summed E-state index contributed by atoms with van der Waals surface area (Å²) in [6.45, 7) is 8.52. The summed E-state index contributed by atoms with van der Waals surface area (Å²) < 4.78 is 12.5. The molecular formula is C19H25NO4. The van der Waals surface area contributed by atoms with Crippen LogP contribution in [0.15, 0.2) is 24.4 Å². The second-order valence-electron chi connectivity index (χ2n) is 6.73. The number of Topliss-reactive ketones (excluding diaryl/α,β-unsaturated/α-hetero) is 1. The fraction of sp³-hybridized carbons (Fsp3) is 0.474. The van der Waals surface area contributed by atoms with Crippen LogP contribution in [0.4, 0.5) is 0 Å². The topological polar surface area (TPSA) is 57.5 Å². The van der Waals surface area contributed by atoms with Crippen LogP contribution in [0.2, 0.25) is 0 Å². The number of ketones is 1. The molecule has 5 heteroatoms. The summed E-state index contributed by atoms with van der Waals surface area (Å²) in [5.74, 6) is -1.42. The number of carbonyl (C=O) groups excluding carboxylic acids is 2. The average Bonchev–Trinajstić information content (AvgIpc) is 2.83. The van der Waals surface area contributed by atoms with E-state index in [1.165, 1.54) is 0 Å². The summed E-state index contributed by atoms with van der Waals surface area (Å²) in [6.07, 6.45) is 2.43. The van der Waals surface area contributed by atoms with Gasteiger partial charge in [0, 0.05) is 18.6 Å². The first-order valence-corrected chi connectivity index (χ1v) is 8.17. The molecule has 5 nitrogen and oxygen atoms in total. The molecule has 0 saturated carbocycles. The number of aromatic nitrogens is 1. The number of ether oxygens (including phenoxy) is 2. The summed E-state index contributed by atoms with van der Waals surface area (Å²) >= 11 is 0. The highest BCUT2D eigenvalue weighted by Crippen LogP contribution is 2.25. The predicted molar refractivity (Wildman–Crippen MR) is 93.3 cm³/mol. The molecule has 1 aromatic carbocycles. The molecule has 130 valence electrons. The molecule has 0 amide bonds. The first-order valence-electron chi connectivity index (χ1n) is 8.17. The van der Waals surface area contributed by atoms with Crippen LogP contribution in [0.5, 0.6) is 0 Å². The molecule has 0 aliphatic carbocycles. The molecule has 1 aromatic heterocycles. The van der Waals surface area contributed by atoms with Crippen LogP contribution < -0.4 is 0 Å². The molecule has 0 saturated heterocycles. The Bertz CT molecular complexity index is 753. The third kappa shape index (κ3) is 4.03. The fourth-order valence-electron chi connectivity index (χ4n) is 2.71. The van der Waals surface area contributed by atoms with Crippen molar-refractivity contribution in [1.82, 2.24) is 4.57 Å². The Morgan fingerprint density at radius 1 is 1.21 bits per heavy atom. The van der Waals surface area contributed by atoms with Gasteiger partial charge in [-0.15, -0.1) is 0 Å². The zero-order valence-corrected chi connectivity index (χ0v) is 15.0. The Hall–Kier alpha value is -2.14. The van der Waals surface area contributed by atoms with E-state index >= 15 is 0 Å². The van der Waals surface area contributed by atoms with E-state index in [4.69, 9.17) is 9.47 Å². The van der Waals surface area contributed by atoms with Crippen molar-refractivity contribution >= 4 is 22.7 Å². The van der Waals surface area contributed by atoms with Crippen LogP contribution in [-0.4, -0.2) is 35.1 Å². The number of nitrogens with zero attached hydrogens (tertiary/aromatic N) is 1.